The van der Waals surface area contributed by atoms with E-state index in [4.69, 9.17) is 48.8 Å². The summed E-state index contributed by atoms with van der Waals surface area (Å²) in [7, 11) is -9.02. The van der Waals surface area contributed by atoms with Gasteiger partial charge in [0, 0.05) is 14.0 Å². The molecule has 3 aliphatic heterocycles. The number of terminal acetylenes is 1. The molecule has 8 N–H and O–H groups in total. The van der Waals surface area contributed by atoms with E-state index in [2.05, 4.69) is 24.8 Å². The molecule has 3 aliphatic rings. The van der Waals surface area contributed by atoms with Gasteiger partial charge in [-0.2, -0.15) is 16.8 Å². The summed E-state index contributed by atoms with van der Waals surface area (Å²) in [5.74, 6) is -0.501. The van der Waals surface area contributed by atoms with Gasteiger partial charge in [0.05, 0.1) is 19.4 Å². The molecule has 3 fully saturated rings. The Balaban J connectivity index is 1.87. The number of nitrogens with one attached hydrogen (secondary N) is 1. The van der Waals surface area contributed by atoms with Crippen molar-refractivity contribution in [2.45, 2.75) is 92.7 Å². The number of amides is 1. The minimum atomic E-state index is -5.05. The van der Waals surface area contributed by atoms with Crippen LogP contribution in [-0.4, -0.2) is 182 Å². The zero-order valence-corrected chi connectivity index (χ0v) is 27.5. The summed E-state index contributed by atoms with van der Waals surface area (Å²) >= 11 is 0. The summed E-state index contributed by atoms with van der Waals surface area (Å²) in [6, 6.07) is -1.59. The van der Waals surface area contributed by atoms with Crippen molar-refractivity contribution in [2.75, 3.05) is 26.9 Å². The Morgan fingerprint density at radius 3 is 1.96 bits per heavy atom. The summed E-state index contributed by atoms with van der Waals surface area (Å²) in [6.45, 7) is -1.23. The predicted molar refractivity (Wildman–Crippen MR) is 154 cm³/mol. The first-order valence-electron chi connectivity index (χ1n) is 14.1. The molecule has 3 heterocycles. The van der Waals surface area contributed by atoms with Crippen molar-refractivity contribution in [1.29, 1.82) is 0 Å². The Morgan fingerprint density at radius 1 is 0.860 bits per heavy atom. The molecule has 50 heavy (non-hydrogen) atoms. The number of methoxy groups -OCH3 is 1. The van der Waals surface area contributed by atoms with Crippen LogP contribution in [0.15, 0.2) is 5.16 Å². The average molecular weight is 769 g/mol. The van der Waals surface area contributed by atoms with E-state index < -0.39 is 132 Å². The normalized spacial score (nSPS) is 38.1. The Kier molecular flexibility index (Phi) is 14.8. The van der Waals surface area contributed by atoms with Crippen LogP contribution in [0.5, 0.6) is 0 Å². The number of carboxylic acid groups (broad SMARTS) is 1. The van der Waals surface area contributed by atoms with E-state index in [-0.39, 0.29) is 6.61 Å². The number of hydrogen-bond acceptors (Lipinski definition) is 20. The van der Waals surface area contributed by atoms with E-state index >= 15 is 0 Å². The van der Waals surface area contributed by atoms with Gasteiger partial charge in [-0.05, 0) is 0 Å². The fraction of sp³-hybridized carbons (Fsp3) is 0.792. The molecular formula is C24H36N2O22S2. The maximum atomic E-state index is 12.3. The fourth-order valence-corrected chi connectivity index (χ4v) is 5.75. The highest BCUT2D eigenvalue weighted by Gasteiger charge is 2.55. The van der Waals surface area contributed by atoms with Gasteiger partial charge < -0.3 is 64.1 Å². The third-order valence-corrected chi connectivity index (χ3v) is 8.12. The standard InChI is InChI=1S/C24H36N2O22S2/c1-4-5-41-25-6-10-14(28)19(12(44-10)8-43-50(37,38)39)46-24-17(31)16(30)20(21(48-24)22(32)33)47-23-13(26-9(2)27)15(29)18(40-3)11(45-23)7-42-49(34,35)36/h1,6,10-21,23-24,28-31H,5,7-8H2,2-3H3,(H,26,27)(H,32,33)(H,34,35,36)(H,37,38,39)/b25-6-/t10-,11?,12+,13?,14?,15+,16+,17?,18+,19-,20-,21?,23-,24+/m0/s1. The molecule has 3 saturated heterocycles. The largest absolute Gasteiger partial charge is 0.479 e. The van der Waals surface area contributed by atoms with Crippen molar-refractivity contribution in [3.63, 3.8) is 0 Å². The van der Waals surface area contributed by atoms with Crippen LogP contribution in [0.4, 0.5) is 0 Å². The maximum absolute atomic E-state index is 12.3. The van der Waals surface area contributed by atoms with Gasteiger partial charge in [-0.3, -0.25) is 13.9 Å². The van der Waals surface area contributed by atoms with Gasteiger partial charge in [-0.15, -0.1) is 6.42 Å². The Bertz CT molecular complexity index is 1460. The minimum absolute atomic E-state index is 0.281. The lowest BCUT2D eigenvalue weighted by atomic mass is 9.95. The zero-order valence-electron chi connectivity index (χ0n) is 25.9. The molecule has 1 amide bonds. The van der Waals surface area contributed by atoms with Crippen LogP contribution in [0.2, 0.25) is 0 Å². The molecule has 0 aliphatic carbocycles. The van der Waals surface area contributed by atoms with Gasteiger partial charge in [-0.1, -0.05) is 11.1 Å². The lowest BCUT2D eigenvalue weighted by Gasteiger charge is -2.47. The van der Waals surface area contributed by atoms with Gasteiger partial charge in [-0.25, -0.2) is 13.2 Å². The van der Waals surface area contributed by atoms with Gasteiger partial charge in [0.1, 0.15) is 67.1 Å². The Labute approximate surface area is 284 Å². The zero-order chi connectivity index (χ0) is 37.6. The molecule has 0 aromatic rings. The number of nitrogens with zero attached hydrogens (tertiary/aromatic N) is 1. The molecule has 0 saturated carbocycles. The quantitative estimate of drug-likeness (QED) is 0.0238. The summed E-state index contributed by atoms with van der Waals surface area (Å²) in [5.41, 5.74) is 0. The van der Waals surface area contributed by atoms with E-state index in [1.165, 1.54) is 0 Å². The van der Waals surface area contributed by atoms with Crippen molar-refractivity contribution in [1.82, 2.24) is 5.32 Å². The number of rotatable bonds is 16. The number of oxime groups is 1. The van der Waals surface area contributed by atoms with Gasteiger partial charge in [0.15, 0.2) is 25.3 Å². The number of aliphatic hydroxyl groups is 4. The molecule has 0 aromatic carbocycles. The van der Waals surface area contributed by atoms with Crippen molar-refractivity contribution in [2.24, 2.45) is 5.16 Å². The molecule has 286 valence electrons. The topological polar surface area (TPSA) is 351 Å². The highest BCUT2D eigenvalue weighted by atomic mass is 32.3. The third kappa shape index (κ3) is 11.2. The molecule has 0 radical (unpaired) electrons. The second kappa shape index (κ2) is 17.7. The van der Waals surface area contributed by atoms with Crippen LogP contribution in [0.1, 0.15) is 6.92 Å². The Morgan fingerprint density at radius 2 is 1.44 bits per heavy atom. The Hall–Kier alpha value is -2.69. The summed E-state index contributed by atoms with van der Waals surface area (Å²) in [5, 5.41) is 59.5. The van der Waals surface area contributed by atoms with Gasteiger partial charge in [0.25, 0.3) is 0 Å². The molecule has 0 bridgehead atoms. The van der Waals surface area contributed by atoms with Crippen LogP contribution >= 0.6 is 0 Å². The monoisotopic (exact) mass is 768 g/mol. The number of hydrogen-bond donors (Lipinski definition) is 8. The van der Waals surface area contributed by atoms with E-state index in [9.17, 15) is 52.0 Å². The van der Waals surface area contributed by atoms with E-state index in [0.29, 0.717) is 0 Å². The second-order valence-corrected chi connectivity index (χ2v) is 12.9. The van der Waals surface area contributed by atoms with E-state index in [1.54, 1.807) is 0 Å². The number of aliphatic hydroxyl groups excluding tert-OH is 4. The summed E-state index contributed by atoms with van der Waals surface area (Å²) in [6.07, 6.45) is -18.3. The summed E-state index contributed by atoms with van der Waals surface area (Å²) in [4.78, 5) is 29.0. The molecule has 14 atom stereocenters. The molecule has 3 rings (SSSR count). The van der Waals surface area contributed by atoms with Gasteiger partial charge in [0.2, 0.25) is 5.91 Å². The number of carbonyl (C=O) groups excluding carboxylic acids is 1. The second-order valence-electron chi connectivity index (χ2n) is 10.7. The first-order valence-corrected chi connectivity index (χ1v) is 16.9. The van der Waals surface area contributed by atoms with Crippen LogP contribution in [0.3, 0.4) is 0 Å². The van der Waals surface area contributed by atoms with Crippen LogP contribution in [0.25, 0.3) is 0 Å². The van der Waals surface area contributed by atoms with Crippen molar-refractivity contribution in [3.05, 3.63) is 0 Å². The highest BCUT2D eigenvalue weighted by Crippen LogP contribution is 2.33. The van der Waals surface area contributed by atoms with E-state index in [1.807, 2.05) is 0 Å². The SMILES string of the molecule is C#CCO/N=C\[C@@H]1O[C@H](COS(=O)(=O)O)[C@H](O[C@@H]2OC(C(=O)O)[C@@H](O[C@@H]3OC(COS(=O)(=O)O)[C@@H](OC)[C@H](O)C3NC(C)=O)[C@H](O)C2O)C1O. The molecule has 5 unspecified atom stereocenters. The predicted octanol–water partition coefficient (Wildman–Crippen LogP) is -5.70. The number of carboxylic acids is 1. The van der Waals surface area contributed by atoms with Crippen molar-refractivity contribution >= 4 is 38.9 Å². The number of carbonyl (C=O) groups is 2. The van der Waals surface area contributed by atoms with Crippen molar-refractivity contribution in [3.8, 4) is 12.3 Å². The van der Waals surface area contributed by atoms with Crippen LogP contribution in [0, 0.1) is 12.3 Å². The third-order valence-electron chi connectivity index (χ3n) is 7.25. The summed E-state index contributed by atoms with van der Waals surface area (Å²) < 4.78 is 104. The molecule has 0 aromatic heterocycles. The van der Waals surface area contributed by atoms with Gasteiger partial charge >= 0.3 is 26.8 Å². The van der Waals surface area contributed by atoms with Crippen LogP contribution in [-0.2, 0) is 72.0 Å². The molecule has 0 spiro atoms. The van der Waals surface area contributed by atoms with Crippen molar-refractivity contribution < 1.29 is 103 Å². The first kappa shape index (κ1) is 41.7. The van der Waals surface area contributed by atoms with E-state index in [0.717, 1.165) is 20.2 Å². The lowest BCUT2D eigenvalue weighted by Crippen LogP contribution is -2.68. The lowest BCUT2D eigenvalue weighted by molar-refractivity contribution is -0.348. The fourth-order valence-electron chi connectivity index (χ4n) is 5.14. The minimum Gasteiger partial charge on any atom is -0.479 e. The first-order chi connectivity index (χ1) is 23.3. The van der Waals surface area contributed by atoms with Crippen LogP contribution < -0.4 is 5.32 Å². The highest BCUT2D eigenvalue weighted by molar-refractivity contribution is 7.81. The molecule has 26 heteroatoms. The average Bonchev–Trinajstić information content (AvgIpc) is 3.30. The maximum Gasteiger partial charge on any atom is 0.397 e. The smallest absolute Gasteiger partial charge is 0.397 e. The molecular weight excluding hydrogens is 732 g/mol. The molecule has 24 nitrogen and oxygen atoms in total. The number of aliphatic carboxylic acids is 1. The number of ether oxygens (including phenoxy) is 6.